The van der Waals surface area contributed by atoms with Crippen molar-refractivity contribution in [2.24, 2.45) is 11.8 Å². The smallest absolute Gasteiger partial charge is 0.380 e. The lowest BCUT2D eigenvalue weighted by Crippen LogP contribution is -2.49. The quantitative estimate of drug-likeness (QED) is 0.454. The maximum Gasteiger partial charge on any atom is 0.416 e. The molecule has 10 heteroatoms. The van der Waals surface area contributed by atoms with Gasteiger partial charge in [-0.25, -0.2) is 4.39 Å². The number of carbonyl (C=O) groups excluding carboxylic acids is 2. The molecule has 1 aromatic carbocycles. The molecule has 2 heterocycles. The summed E-state index contributed by atoms with van der Waals surface area (Å²) in [5.74, 6) is -1.73. The number of halogens is 4. The zero-order chi connectivity index (χ0) is 27.4. The number of likely N-dealkylation sites (tertiary alicyclic amines) is 1. The number of aryl methyl sites for hydroxylation is 1. The summed E-state index contributed by atoms with van der Waals surface area (Å²) in [6.45, 7) is 5.69. The summed E-state index contributed by atoms with van der Waals surface area (Å²) in [4.78, 5) is 33.5. The van der Waals surface area contributed by atoms with E-state index >= 15 is 0 Å². The molecule has 4 atom stereocenters. The Morgan fingerprint density at radius 3 is 2.42 bits per heavy atom. The van der Waals surface area contributed by atoms with Crippen molar-refractivity contribution in [3.8, 4) is 0 Å². The van der Waals surface area contributed by atoms with Crippen LogP contribution in [0.15, 0.2) is 30.5 Å². The second-order valence-corrected chi connectivity index (χ2v) is 11.0. The first-order valence-corrected chi connectivity index (χ1v) is 13.2. The average Bonchev–Trinajstić information content (AvgIpc) is 3.78. The Labute approximate surface area is 219 Å². The largest absolute Gasteiger partial charge is 0.416 e. The number of hydrogen-bond donors (Lipinski definition) is 2. The number of aromatic nitrogens is 1. The molecule has 2 aromatic rings. The van der Waals surface area contributed by atoms with Gasteiger partial charge in [0.05, 0.1) is 29.1 Å². The van der Waals surface area contributed by atoms with Crippen molar-refractivity contribution in [3.63, 3.8) is 0 Å². The maximum absolute atomic E-state index is 14.9. The van der Waals surface area contributed by atoms with Crippen molar-refractivity contribution < 1.29 is 27.2 Å². The Morgan fingerprint density at radius 2 is 1.82 bits per heavy atom. The number of alkyl halides is 3. The van der Waals surface area contributed by atoms with Gasteiger partial charge in [0.1, 0.15) is 11.9 Å². The van der Waals surface area contributed by atoms with E-state index in [1.807, 2.05) is 13.8 Å². The van der Waals surface area contributed by atoms with Crippen LogP contribution in [0.1, 0.15) is 79.2 Å². The number of benzene rings is 1. The molecule has 3 aliphatic rings. The Balaban J connectivity index is 1.40. The van der Waals surface area contributed by atoms with Gasteiger partial charge in [-0.2, -0.15) is 13.2 Å². The molecule has 2 N–H and O–H groups in total. The van der Waals surface area contributed by atoms with Crippen LogP contribution in [0.4, 0.5) is 23.2 Å². The molecular weight excluding hydrogens is 500 g/mol. The van der Waals surface area contributed by atoms with Gasteiger partial charge >= 0.3 is 6.18 Å². The third kappa shape index (κ3) is 5.35. The van der Waals surface area contributed by atoms with Crippen LogP contribution in [0.3, 0.4) is 0 Å². The van der Waals surface area contributed by atoms with Crippen molar-refractivity contribution >= 4 is 17.5 Å². The number of nitrogens with one attached hydrogen (secondary N) is 2. The second kappa shape index (κ2) is 9.85. The highest BCUT2D eigenvalue weighted by Crippen LogP contribution is 2.43. The summed E-state index contributed by atoms with van der Waals surface area (Å²) in [5.41, 5.74) is 0.735. The molecule has 2 saturated carbocycles. The van der Waals surface area contributed by atoms with Crippen LogP contribution in [0.5, 0.6) is 0 Å². The lowest BCUT2D eigenvalue weighted by molar-refractivity contribution is -0.137. The first kappa shape index (κ1) is 26.4. The lowest BCUT2D eigenvalue weighted by Gasteiger charge is -2.31. The minimum atomic E-state index is -4.66. The van der Waals surface area contributed by atoms with E-state index in [1.165, 1.54) is 0 Å². The lowest BCUT2D eigenvalue weighted by atomic mass is 9.98. The summed E-state index contributed by atoms with van der Waals surface area (Å²) in [7, 11) is 0. The molecule has 1 aromatic heterocycles. The van der Waals surface area contributed by atoms with E-state index in [0.717, 1.165) is 37.8 Å². The van der Waals surface area contributed by atoms with E-state index < -0.39 is 35.5 Å². The normalized spacial score (nSPS) is 24.3. The zero-order valence-corrected chi connectivity index (χ0v) is 21.6. The SMILES string of the molecule is Cc1cc(C(=O)N2[C@@H](C(=O)N[C@@H](c3ccc(C(F)(F)F)cc3F)C3CC3)C[C@@H](C)[C@H]2C)c(NC2CC2)cn1. The topological polar surface area (TPSA) is 74.3 Å². The van der Waals surface area contributed by atoms with Crippen molar-refractivity contribution in [1.82, 2.24) is 15.2 Å². The van der Waals surface area contributed by atoms with Gasteiger partial charge in [0, 0.05) is 23.3 Å². The fraction of sp³-hybridized carbons (Fsp3) is 0.536. The van der Waals surface area contributed by atoms with Gasteiger partial charge in [-0.3, -0.25) is 14.6 Å². The van der Waals surface area contributed by atoms with Crippen LogP contribution >= 0.6 is 0 Å². The molecule has 204 valence electrons. The molecule has 1 saturated heterocycles. The Bertz CT molecular complexity index is 1240. The third-order valence-corrected chi connectivity index (χ3v) is 7.99. The minimum Gasteiger partial charge on any atom is -0.380 e. The van der Waals surface area contributed by atoms with E-state index in [2.05, 4.69) is 15.6 Å². The van der Waals surface area contributed by atoms with Gasteiger partial charge in [-0.05, 0) is 76.0 Å². The van der Waals surface area contributed by atoms with Gasteiger partial charge in [0.15, 0.2) is 0 Å². The summed E-state index contributed by atoms with van der Waals surface area (Å²) >= 11 is 0. The highest BCUT2D eigenvalue weighted by Gasteiger charge is 2.46. The molecular formula is C28H32F4N4O2. The van der Waals surface area contributed by atoms with E-state index in [-0.39, 0.29) is 29.3 Å². The third-order valence-electron chi connectivity index (χ3n) is 7.99. The molecule has 2 amide bonds. The molecule has 0 radical (unpaired) electrons. The average molecular weight is 533 g/mol. The molecule has 0 unspecified atom stereocenters. The summed E-state index contributed by atoms with van der Waals surface area (Å²) in [6, 6.07) is 2.70. The van der Waals surface area contributed by atoms with E-state index in [0.29, 0.717) is 35.5 Å². The minimum absolute atomic E-state index is 0.0338. The molecule has 0 spiro atoms. The number of pyridine rings is 1. The Kier molecular flexibility index (Phi) is 6.86. The molecule has 2 aliphatic carbocycles. The summed E-state index contributed by atoms with van der Waals surface area (Å²) in [5, 5.41) is 6.25. The molecule has 38 heavy (non-hydrogen) atoms. The number of hydrogen-bond acceptors (Lipinski definition) is 4. The Hall–Kier alpha value is -3.17. The second-order valence-electron chi connectivity index (χ2n) is 11.0. The molecule has 3 fully saturated rings. The summed E-state index contributed by atoms with van der Waals surface area (Å²) in [6.07, 6.45) is 0.931. The fourth-order valence-corrected chi connectivity index (χ4v) is 5.30. The fourth-order valence-electron chi connectivity index (χ4n) is 5.30. The van der Waals surface area contributed by atoms with Crippen molar-refractivity contribution in [1.29, 1.82) is 0 Å². The number of carbonyl (C=O) groups is 2. The van der Waals surface area contributed by atoms with Crippen LogP contribution in [0.25, 0.3) is 0 Å². The number of amides is 2. The van der Waals surface area contributed by atoms with E-state index in [1.54, 1.807) is 24.1 Å². The van der Waals surface area contributed by atoms with Gasteiger partial charge < -0.3 is 15.5 Å². The van der Waals surface area contributed by atoms with Crippen LogP contribution in [0.2, 0.25) is 0 Å². The summed E-state index contributed by atoms with van der Waals surface area (Å²) < 4.78 is 54.0. The predicted octanol–water partition coefficient (Wildman–Crippen LogP) is 5.63. The number of rotatable bonds is 7. The first-order valence-electron chi connectivity index (χ1n) is 13.2. The van der Waals surface area contributed by atoms with E-state index in [4.69, 9.17) is 0 Å². The van der Waals surface area contributed by atoms with E-state index in [9.17, 15) is 27.2 Å². The van der Waals surface area contributed by atoms with Crippen molar-refractivity contribution in [2.45, 2.75) is 83.2 Å². The maximum atomic E-state index is 14.9. The molecule has 6 nitrogen and oxygen atoms in total. The predicted molar refractivity (Wildman–Crippen MR) is 134 cm³/mol. The van der Waals surface area contributed by atoms with Crippen molar-refractivity contribution in [2.75, 3.05) is 5.32 Å². The van der Waals surface area contributed by atoms with Crippen LogP contribution in [0, 0.1) is 24.6 Å². The van der Waals surface area contributed by atoms with Crippen LogP contribution < -0.4 is 10.6 Å². The monoisotopic (exact) mass is 532 g/mol. The molecule has 5 rings (SSSR count). The van der Waals surface area contributed by atoms with Gasteiger partial charge in [-0.1, -0.05) is 13.0 Å². The van der Waals surface area contributed by atoms with Gasteiger partial charge in [0.2, 0.25) is 5.91 Å². The first-order chi connectivity index (χ1) is 17.9. The zero-order valence-electron chi connectivity index (χ0n) is 21.6. The standard InChI is InChI=1S/C28H32F4N4O2/c1-14-10-24(36(16(14)3)27(38)21-11-15(2)33-13-23(21)34-19-7-8-19)26(37)35-25(17-4-5-17)20-9-6-18(12-22(20)29)28(30,31)32/h6,9,11-14,16-17,19,24-25,34H,4-5,7-8,10H2,1-3H3,(H,35,37)/t14-,16-,24-,25-/m1/s1. The highest BCUT2D eigenvalue weighted by molar-refractivity contribution is 6.02. The van der Waals surface area contributed by atoms with Crippen LogP contribution in [-0.2, 0) is 11.0 Å². The van der Waals surface area contributed by atoms with Gasteiger partial charge in [-0.15, -0.1) is 0 Å². The molecule has 1 aliphatic heterocycles. The van der Waals surface area contributed by atoms with Crippen LogP contribution in [-0.4, -0.2) is 39.8 Å². The Morgan fingerprint density at radius 1 is 1.11 bits per heavy atom. The number of nitrogens with zero attached hydrogens (tertiary/aromatic N) is 2. The van der Waals surface area contributed by atoms with Crippen molar-refractivity contribution in [3.05, 3.63) is 58.7 Å². The number of anilines is 1. The van der Waals surface area contributed by atoms with Gasteiger partial charge in [0.25, 0.3) is 5.91 Å². The highest BCUT2D eigenvalue weighted by atomic mass is 19.4. The molecule has 0 bridgehead atoms.